The van der Waals surface area contributed by atoms with Gasteiger partial charge in [0.2, 0.25) is 5.91 Å². The van der Waals surface area contributed by atoms with Crippen LogP contribution in [0.2, 0.25) is 0 Å². The third kappa shape index (κ3) is 8.03. The van der Waals surface area contributed by atoms with Crippen molar-refractivity contribution >= 4 is 24.2 Å². The van der Waals surface area contributed by atoms with Gasteiger partial charge in [0, 0.05) is 19.7 Å². The summed E-state index contributed by atoms with van der Waals surface area (Å²) < 4.78 is 11.1. The summed E-state index contributed by atoms with van der Waals surface area (Å²) in [5.74, 6) is 0.242. The van der Waals surface area contributed by atoms with Gasteiger partial charge in [-0.3, -0.25) is 9.59 Å². The van der Waals surface area contributed by atoms with Crippen molar-refractivity contribution in [3.63, 3.8) is 0 Å². The molecule has 1 heterocycles. The van der Waals surface area contributed by atoms with Crippen LogP contribution in [0.25, 0.3) is 0 Å². The summed E-state index contributed by atoms with van der Waals surface area (Å²) in [5, 5.41) is 2.60. The van der Waals surface area contributed by atoms with E-state index in [1.807, 2.05) is 18.2 Å². The Labute approximate surface area is 160 Å². The molecule has 0 atom stereocenters. The summed E-state index contributed by atoms with van der Waals surface area (Å²) in [6.45, 7) is 2.51. The SMILES string of the molecule is Cl.NCCCOC1CCN(C(=O)CNC(=O)COc2ccccc2)CC1. The number of carbonyl (C=O) groups is 2. The van der Waals surface area contributed by atoms with E-state index >= 15 is 0 Å². The molecule has 8 heteroatoms. The summed E-state index contributed by atoms with van der Waals surface area (Å²) >= 11 is 0. The lowest BCUT2D eigenvalue weighted by Gasteiger charge is -2.32. The molecule has 1 aliphatic heterocycles. The van der Waals surface area contributed by atoms with Crippen LogP contribution in [0.1, 0.15) is 19.3 Å². The minimum atomic E-state index is -0.308. The average molecular weight is 386 g/mol. The molecule has 0 aromatic heterocycles. The van der Waals surface area contributed by atoms with E-state index < -0.39 is 0 Å². The number of para-hydroxylation sites is 1. The van der Waals surface area contributed by atoms with Gasteiger partial charge in [-0.2, -0.15) is 0 Å². The molecule has 0 radical (unpaired) electrons. The number of hydrogen-bond acceptors (Lipinski definition) is 5. The molecule has 0 aliphatic carbocycles. The molecule has 1 aliphatic rings. The summed E-state index contributed by atoms with van der Waals surface area (Å²) in [6.07, 6.45) is 2.70. The first kappa shape index (κ1) is 22.2. The van der Waals surface area contributed by atoms with Crippen molar-refractivity contribution in [3.8, 4) is 5.75 Å². The average Bonchev–Trinajstić information content (AvgIpc) is 2.66. The van der Waals surface area contributed by atoms with Crippen LogP contribution in [0.4, 0.5) is 0 Å². The molecule has 0 bridgehead atoms. The molecule has 0 unspecified atom stereocenters. The number of piperidine rings is 1. The number of likely N-dealkylation sites (tertiary alicyclic amines) is 1. The molecule has 1 aromatic carbocycles. The first-order valence-corrected chi connectivity index (χ1v) is 8.73. The molecule has 2 rings (SSSR count). The highest BCUT2D eigenvalue weighted by Crippen LogP contribution is 2.14. The van der Waals surface area contributed by atoms with Gasteiger partial charge in [0.15, 0.2) is 6.61 Å². The second kappa shape index (κ2) is 12.5. The van der Waals surface area contributed by atoms with Crippen molar-refractivity contribution in [1.29, 1.82) is 0 Å². The van der Waals surface area contributed by atoms with Gasteiger partial charge in [-0.1, -0.05) is 18.2 Å². The first-order chi connectivity index (χ1) is 12.2. The lowest BCUT2D eigenvalue weighted by molar-refractivity contribution is -0.135. The molecule has 26 heavy (non-hydrogen) atoms. The highest BCUT2D eigenvalue weighted by atomic mass is 35.5. The fourth-order valence-corrected chi connectivity index (χ4v) is 2.61. The van der Waals surface area contributed by atoms with Gasteiger partial charge in [0.25, 0.3) is 5.91 Å². The van der Waals surface area contributed by atoms with Crippen molar-refractivity contribution < 1.29 is 19.1 Å². The van der Waals surface area contributed by atoms with Crippen molar-refractivity contribution in [2.75, 3.05) is 39.4 Å². The van der Waals surface area contributed by atoms with Crippen LogP contribution in [-0.4, -0.2) is 62.2 Å². The van der Waals surface area contributed by atoms with Crippen LogP contribution < -0.4 is 15.8 Å². The maximum absolute atomic E-state index is 12.2. The number of benzene rings is 1. The van der Waals surface area contributed by atoms with Crippen LogP contribution in [0.3, 0.4) is 0 Å². The van der Waals surface area contributed by atoms with E-state index in [1.165, 1.54) is 0 Å². The highest BCUT2D eigenvalue weighted by Gasteiger charge is 2.23. The zero-order chi connectivity index (χ0) is 17.9. The number of rotatable bonds is 9. The topological polar surface area (TPSA) is 93.9 Å². The zero-order valence-corrected chi connectivity index (χ0v) is 15.7. The molecule has 2 amide bonds. The Morgan fingerprint density at radius 2 is 1.88 bits per heavy atom. The van der Waals surface area contributed by atoms with E-state index in [2.05, 4.69) is 5.32 Å². The monoisotopic (exact) mass is 385 g/mol. The zero-order valence-electron chi connectivity index (χ0n) is 14.9. The Kier molecular flexibility index (Phi) is 10.7. The highest BCUT2D eigenvalue weighted by molar-refractivity contribution is 5.85. The Morgan fingerprint density at radius 3 is 2.54 bits per heavy atom. The Balaban J connectivity index is 0.00000338. The normalized spacial score (nSPS) is 14.4. The molecule has 1 aromatic rings. The van der Waals surface area contributed by atoms with Gasteiger partial charge in [-0.15, -0.1) is 12.4 Å². The van der Waals surface area contributed by atoms with Gasteiger partial charge in [-0.05, 0) is 37.9 Å². The predicted octanol–water partition coefficient (Wildman–Crippen LogP) is 0.960. The number of amides is 2. The number of nitrogens with two attached hydrogens (primary N) is 1. The summed E-state index contributed by atoms with van der Waals surface area (Å²) in [5.41, 5.74) is 5.44. The Morgan fingerprint density at radius 1 is 1.19 bits per heavy atom. The van der Waals surface area contributed by atoms with Crippen molar-refractivity contribution in [2.24, 2.45) is 5.73 Å². The van der Waals surface area contributed by atoms with Crippen LogP contribution in [0, 0.1) is 0 Å². The van der Waals surface area contributed by atoms with Crippen molar-refractivity contribution in [3.05, 3.63) is 30.3 Å². The van der Waals surface area contributed by atoms with E-state index in [4.69, 9.17) is 15.2 Å². The third-order valence-electron chi connectivity index (χ3n) is 4.05. The fourth-order valence-electron chi connectivity index (χ4n) is 2.61. The van der Waals surface area contributed by atoms with Gasteiger partial charge in [-0.25, -0.2) is 0 Å². The number of nitrogens with zero attached hydrogens (tertiary/aromatic N) is 1. The maximum Gasteiger partial charge on any atom is 0.258 e. The Hall–Kier alpha value is -1.83. The van der Waals surface area contributed by atoms with E-state index in [1.54, 1.807) is 17.0 Å². The molecule has 1 saturated heterocycles. The smallest absolute Gasteiger partial charge is 0.258 e. The standard InChI is InChI=1S/C18H27N3O4.ClH/c19-9-4-12-24-16-7-10-21(11-8-16)18(23)13-20-17(22)14-25-15-5-2-1-3-6-15;/h1-3,5-6,16H,4,7-14,19H2,(H,20,22);1H. The summed E-state index contributed by atoms with van der Waals surface area (Å²) in [7, 11) is 0. The van der Waals surface area contributed by atoms with Crippen LogP contribution >= 0.6 is 12.4 Å². The number of ether oxygens (including phenoxy) is 2. The molecule has 146 valence electrons. The lowest BCUT2D eigenvalue weighted by Crippen LogP contribution is -2.46. The largest absolute Gasteiger partial charge is 0.484 e. The number of carbonyl (C=O) groups excluding carboxylic acids is 2. The van der Waals surface area contributed by atoms with Gasteiger partial charge in [0.05, 0.1) is 12.6 Å². The van der Waals surface area contributed by atoms with Crippen LogP contribution in [-0.2, 0) is 14.3 Å². The molecular formula is C18H28ClN3O4. The molecule has 0 spiro atoms. The van der Waals surface area contributed by atoms with Crippen molar-refractivity contribution in [2.45, 2.75) is 25.4 Å². The van der Waals surface area contributed by atoms with E-state index in [0.717, 1.165) is 19.3 Å². The molecule has 1 fully saturated rings. The maximum atomic E-state index is 12.2. The second-order valence-corrected chi connectivity index (χ2v) is 5.97. The van der Waals surface area contributed by atoms with Gasteiger partial charge >= 0.3 is 0 Å². The van der Waals surface area contributed by atoms with E-state index in [-0.39, 0.29) is 43.5 Å². The molecule has 0 saturated carbocycles. The summed E-state index contributed by atoms with van der Waals surface area (Å²) in [4.78, 5) is 25.7. The molecule has 3 N–H and O–H groups in total. The minimum absolute atomic E-state index is 0. The van der Waals surface area contributed by atoms with Crippen LogP contribution in [0.5, 0.6) is 5.75 Å². The fraction of sp³-hybridized carbons (Fsp3) is 0.556. The molecule has 7 nitrogen and oxygen atoms in total. The number of nitrogens with one attached hydrogen (secondary N) is 1. The van der Waals surface area contributed by atoms with Gasteiger partial charge in [0.1, 0.15) is 5.75 Å². The second-order valence-electron chi connectivity index (χ2n) is 5.97. The number of hydrogen-bond donors (Lipinski definition) is 2. The Bertz CT molecular complexity index is 536. The number of halogens is 1. The predicted molar refractivity (Wildman–Crippen MR) is 101 cm³/mol. The third-order valence-corrected chi connectivity index (χ3v) is 4.05. The minimum Gasteiger partial charge on any atom is -0.484 e. The summed E-state index contributed by atoms with van der Waals surface area (Å²) in [6, 6.07) is 9.09. The lowest BCUT2D eigenvalue weighted by atomic mass is 10.1. The van der Waals surface area contributed by atoms with Gasteiger partial charge < -0.3 is 25.4 Å². The first-order valence-electron chi connectivity index (χ1n) is 8.73. The quantitative estimate of drug-likeness (QED) is 0.617. The van der Waals surface area contributed by atoms with Crippen LogP contribution in [0.15, 0.2) is 30.3 Å². The van der Waals surface area contributed by atoms with E-state index in [0.29, 0.717) is 32.0 Å². The van der Waals surface area contributed by atoms with Crippen molar-refractivity contribution in [1.82, 2.24) is 10.2 Å². The molecular weight excluding hydrogens is 358 g/mol. The van der Waals surface area contributed by atoms with E-state index in [9.17, 15) is 9.59 Å².